The fraction of sp³-hybridized carbons (Fsp3) is 0.417. The van der Waals surface area contributed by atoms with Gasteiger partial charge in [-0.1, -0.05) is 13.0 Å². The maximum atomic E-state index is 11.5. The molecular formula is C12H18N2OS. The fourth-order valence-electron chi connectivity index (χ4n) is 1.42. The Morgan fingerprint density at radius 2 is 2.50 bits per heavy atom. The molecule has 0 spiro atoms. The molecule has 0 fully saturated rings. The van der Waals surface area contributed by atoms with Crippen molar-refractivity contribution in [1.29, 1.82) is 0 Å². The minimum atomic E-state index is -0.484. The average molecular weight is 238 g/mol. The van der Waals surface area contributed by atoms with Crippen LogP contribution < -0.4 is 11.1 Å². The minimum absolute atomic E-state index is 0.115. The van der Waals surface area contributed by atoms with Gasteiger partial charge in [-0.15, -0.1) is 17.9 Å². The van der Waals surface area contributed by atoms with E-state index in [0.29, 0.717) is 13.0 Å². The van der Waals surface area contributed by atoms with Crippen LogP contribution in [0.5, 0.6) is 0 Å². The first-order valence-electron chi connectivity index (χ1n) is 5.38. The van der Waals surface area contributed by atoms with Crippen molar-refractivity contribution in [2.75, 3.05) is 0 Å². The Morgan fingerprint density at radius 1 is 1.75 bits per heavy atom. The van der Waals surface area contributed by atoms with Crippen molar-refractivity contribution in [2.45, 2.75) is 32.4 Å². The maximum Gasteiger partial charge on any atom is 0.237 e. The second-order valence-corrected chi connectivity index (χ2v) is 4.57. The van der Waals surface area contributed by atoms with Gasteiger partial charge < -0.3 is 11.1 Å². The van der Waals surface area contributed by atoms with E-state index in [9.17, 15) is 4.79 Å². The molecular weight excluding hydrogens is 220 g/mol. The number of thiophene rings is 1. The van der Waals surface area contributed by atoms with Gasteiger partial charge in [0.05, 0.1) is 12.6 Å². The summed E-state index contributed by atoms with van der Waals surface area (Å²) >= 11 is 1.67. The SMILES string of the molecule is C=CCC(N)C(=O)NCc1sccc1CC. The highest BCUT2D eigenvalue weighted by Crippen LogP contribution is 2.16. The first-order valence-corrected chi connectivity index (χ1v) is 6.26. The molecule has 0 aromatic carbocycles. The first kappa shape index (κ1) is 12.9. The summed E-state index contributed by atoms with van der Waals surface area (Å²) in [5, 5.41) is 4.89. The van der Waals surface area contributed by atoms with Crippen LogP contribution >= 0.6 is 11.3 Å². The van der Waals surface area contributed by atoms with Crippen molar-refractivity contribution < 1.29 is 4.79 Å². The molecule has 0 radical (unpaired) electrons. The van der Waals surface area contributed by atoms with Gasteiger partial charge in [-0.05, 0) is 29.9 Å². The van der Waals surface area contributed by atoms with Crippen LogP contribution in [0.25, 0.3) is 0 Å². The van der Waals surface area contributed by atoms with Crippen molar-refractivity contribution in [3.63, 3.8) is 0 Å². The van der Waals surface area contributed by atoms with E-state index in [4.69, 9.17) is 5.73 Å². The number of rotatable bonds is 6. The molecule has 1 aromatic heterocycles. The molecule has 0 saturated carbocycles. The summed E-state index contributed by atoms with van der Waals surface area (Å²) < 4.78 is 0. The Hall–Kier alpha value is -1.13. The Morgan fingerprint density at radius 3 is 3.12 bits per heavy atom. The molecule has 0 saturated heterocycles. The van der Waals surface area contributed by atoms with Gasteiger partial charge in [-0.2, -0.15) is 0 Å². The molecule has 0 aliphatic rings. The molecule has 1 rings (SSSR count). The molecule has 16 heavy (non-hydrogen) atoms. The van der Waals surface area contributed by atoms with Gasteiger partial charge >= 0.3 is 0 Å². The Balaban J connectivity index is 2.45. The normalized spacial score (nSPS) is 12.1. The summed E-state index contributed by atoms with van der Waals surface area (Å²) in [6.07, 6.45) is 3.16. The van der Waals surface area contributed by atoms with Gasteiger partial charge in [-0.3, -0.25) is 4.79 Å². The van der Waals surface area contributed by atoms with E-state index >= 15 is 0 Å². The second kappa shape index (κ2) is 6.45. The Kier molecular flexibility index (Phi) is 5.22. The van der Waals surface area contributed by atoms with E-state index in [-0.39, 0.29) is 5.91 Å². The van der Waals surface area contributed by atoms with Gasteiger partial charge in [0.15, 0.2) is 0 Å². The van der Waals surface area contributed by atoms with E-state index in [2.05, 4.69) is 24.9 Å². The number of hydrogen-bond acceptors (Lipinski definition) is 3. The van der Waals surface area contributed by atoms with Gasteiger partial charge in [0.2, 0.25) is 5.91 Å². The predicted molar refractivity (Wildman–Crippen MR) is 68.3 cm³/mol. The summed E-state index contributed by atoms with van der Waals surface area (Å²) in [7, 11) is 0. The Labute approximate surface area is 100 Å². The highest BCUT2D eigenvalue weighted by Gasteiger charge is 2.11. The van der Waals surface area contributed by atoms with Crippen LogP contribution in [0.1, 0.15) is 23.8 Å². The molecule has 1 atom stereocenters. The minimum Gasteiger partial charge on any atom is -0.350 e. The average Bonchev–Trinajstić information content (AvgIpc) is 2.73. The molecule has 0 aliphatic carbocycles. The van der Waals surface area contributed by atoms with Crippen molar-refractivity contribution in [2.24, 2.45) is 5.73 Å². The monoisotopic (exact) mass is 238 g/mol. The third-order valence-electron chi connectivity index (χ3n) is 2.40. The summed E-state index contributed by atoms with van der Waals surface area (Å²) in [6.45, 7) is 6.24. The molecule has 1 unspecified atom stereocenters. The lowest BCUT2D eigenvalue weighted by atomic mass is 10.2. The van der Waals surface area contributed by atoms with E-state index < -0.39 is 6.04 Å². The summed E-state index contributed by atoms with van der Waals surface area (Å²) in [5.41, 5.74) is 6.95. The fourth-order valence-corrected chi connectivity index (χ4v) is 2.34. The molecule has 88 valence electrons. The van der Waals surface area contributed by atoms with Crippen molar-refractivity contribution >= 4 is 17.2 Å². The summed E-state index contributed by atoms with van der Waals surface area (Å²) in [5.74, 6) is -0.115. The summed E-state index contributed by atoms with van der Waals surface area (Å²) in [6, 6.07) is 1.61. The lowest BCUT2D eigenvalue weighted by Gasteiger charge is -2.10. The van der Waals surface area contributed by atoms with Crippen LogP contribution in [0.15, 0.2) is 24.1 Å². The molecule has 0 aliphatic heterocycles. The third kappa shape index (κ3) is 3.47. The highest BCUT2D eigenvalue weighted by atomic mass is 32.1. The lowest BCUT2D eigenvalue weighted by molar-refractivity contribution is -0.122. The zero-order valence-corrected chi connectivity index (χ0v) is 10.3. The van der Waals surface area contributed by atoms with Gasteiger partial charge in [0, 0.05) is 4.88 Å². The zero-order chi connectivity index (χ0) is 12.0. The van der Waals surface area contributed by atoms with Crippen LogP contribution in [-0.2, 0) is 17.8 Å². The third-order valence-corrected chi connectivity index (χ3v) is 3.36. The Bertz CT molecular complexity index is 360. The van der Waals surface area contributed by atoms with E-state index in [1.165, 1.54) is 10.4 Å². The smallest absolute Gasteiger partial charge is 0.237 e. The number of carbonyl (C=O) groups excluding carboxylic acids is 1. The standard InChI is InChI=1S/C12H18N2OS/c1-3-5-10(13)12(15)14-8-11-9(4-2)6-7-16-11/h3,6-7,10H,1,4-5,8,13H2,2H3,(H,14,15). The molecule has 1 amide bonds. The lowest BCUT2D eigenvalue weighted by Crippen LogP contribution is -2.39. The van der Waals surface area contributed by atoms with Crippen molar-refractivity contribution in [1.82, 2.24) is 5.32 Å². The second-order valence-electron chi connectivity index (χ2n) is 3.57. The topological polar surface area (TPSA) is 55.1 Å². The maximum absolute atomic E-state index is 11.5. The van der Waals surface area contributed by atoms with Crippen LogP contribution in [-0.4, -0.2) is 11.9 Å². The number of hydrogen-bond donors (Lipinski definition) is 2. The number of aryl methyl sites for hydroxylation is 1. The van der Waals surface area contributed by atoms with Gasteiger partial charge in [0.1, 0.15) is 0 Å². The van der Waals surface area contributed by atoms with E-state index in [0.717, 1.165) is 6.42 Å². The van der Waals surface area contributed by atoms with Gasteiger partial charge in [0.25, 0.3) is 0 Å². The highest BCUT2D eigenvalue weighted by molar-refractivity contribution is 7.10. The van der Waals surface area contributed by atoms with Crippen LogP contribution in [0.3, 0.4) is 0 Å². The number of amides is 1. The number of carbonyl (C=O) groups is 1. The van der Waals surface area contributed by atoms with Gasteiger partial charge in [-0.25, -0.2) is 0 Å². The number of nitrogens with one attached hydrogen (secondary N) is 1. The van der Waals surface area contributed by atoms with Crippen molar-refractivity contribution in [3.05, 3.63) is 34.5 Å². The zero-order valence-electron chi connectivity index (χ0n) is 9.53. The van der Waals surface area contributed by atoms with Crippen LogP contribution in [0.2, 0.25) is 0 Å². The molecule has 1 heterocycles. The predicted octanol–water partition coefficient (Wildman–Crippen LogP) is 1.83. The summed E-state index contributed by atoms with van der Waals surface area (Å²) in [4.78, 5) is 12.8. The van der Waals surface area contributed by atoms with E-state index in [1.54, 1.807) is 17.4 Å². The van der Waals surface area contributed by atoms with Crippen LogP contribution in [0.4, 0.5) is 0 Å². The quantitative estimate of drug-likeness (QED) is 0.743. The number of nitrogens with two attached hydrogens (primary N) is 1. The largest absolute Gasteiger partial charge is 0.350 e. The molecule has 3 nitrogen and oxygen atoms in total. The molecule has 4 heteroatoms. The first-order chi connectivity index (χ1) is 7.69. The molecule has 3 N–H and O–H groups in total. The molecule has 1 aromatic rings. The molecule has 0 bridgehead atoms. The van der Waals surface area contributed by atoms with E-state index in [1.807, 2.05) is 5.38 Å². The van der Waals surface area contributed by atoms with Crippen LogP contribution in [0, 0.1) is 0 Å². The van der Waals surface area contributed by atoms with Crippen molar-refractivity contribution in [3.8, 4) is 0 Å².